The molecule has 2 rings (SSSR count). The number of rotatable bonds is 9. The highest BCUT2D eigenvalue weighted by molar-refractivity contribution is 7.22. The van der Waals surface area contributed by atoms with Crippen molar-refractivity contribution in [3.05, 3.63) is 36.9 Å². The summed E-state index contributed by atoms with van der Waals surface area (Å²) in [5.41, 5.74) is 0.988. The van der Waals surface area contributed by atoms with Crippen molar-refractivity contribution >= 4 is 32.7 Å². The number of thiazole rings is 1. The van der Waals surface area contributed by atoms with Crippen molar-refractivity contribution in [1.29, 1.82) is 0 Å². The molecular formula is C16H21N3O2S. The van der Waals surface area contributed by atoms with Gasteiger partial charge in [0.25, 0.3) is 0 Å². The summed E-state index contributed by atoms with van der Waals surface area (Å²) in [7, 11) is 0. The standard InChI is InChI=1S/C16H21N3O2S/c1-2-15(20)21-12-8-4-3-7-11-19(17)16-18-13-9-5-6-10-14(13)22-16/h2,5-6,9-10H,1,3-4,7-8,11-12,17H2. The molecule has 0 aliphatic carbocycles. The molecule has 0 saturated carbocycles. The number of esters is 1. The van der Waals surface area contributed by atoms with E-state index in [1.54, 1.807) is 16.3 Å². The zero-order chi connectivity index (χ0) is 15.8. The van der Waals surface area contributed by atoms with Crippen molar-refractivity contribution in [2.24, 2.45) is 5.84 Å². The van der Waals surface area contributed by atoms with Gasteiger partial charge in [0.1, 0.15) is 0 Å². The lowest BCUT2D eigenvalue weighted by atomic mass is 10.2. The van der Waals surface area contributed by atoms with Crippen LogP contribution in [0.1, 0.15) is 25.7 Å². The number of hydrazine groups is 1. The molecule has 118 valence electrons. The van der Waals surface area contributed by atoms with Gasteiger partial charge in [-0.1, -0.05) is 36.5 Å². The van der Waals surface area contributed by atoms with Gasteiger partial charge in [0.2, 0.25) is 5.13 Å². The van der Waals surface area contributed by atoms with Crippen molar-refractivity contribution < 1.29 is 9.53 Å². The number of anilines is 1. The van der Waals surface area contributed by atoms with Gasteiger partial charge in [-0.15, -0.1) is 0 Å². The molecule has 6 heteroatoms. The third kappa shape index (κ3) is 4.82. The summed E-state index contributed by atoms with van der Waals surface area (Å²) in [6.07, 6.45) is 5.10. The van der Waals surface area contributed by atoms with Crippen LogP contribution in [-0.4, -0.2) is 24.1 Å². The van der Waals surface area contributed by atoms with E-state index in [0.29, 0.717) is 6.61 Å². The topological polar surface area (TPSA) is 68.5 Å². The average molecular weight is 319 g/mol. The molecular weight excluding hydrogens is 298 g/mol. The molecule has 2 aromatic rings. The smallest absolute Gasteiger partial charge is 0.330 e. The second kappa shape index (κ2) is 8.51. The molecule has 0 aliphatic heterocycles. The van der Waals surface area contributed by atoms with E-state index in [4.69, 9.17) is 10.6 Å². The Morgan fingerprint density at radius 1 is 1.32 bits per heavy atom. The molecule has 1 aromatic heterocycles. The van der Waals surface area contributed by atoms with Crippen molar-refractivity contribution in [2.75, 3.05) is 18.2 Å². The summed E-state index contributed by atoms with van der Waals surface area (Å²) in [5, 5.41) is 2.56. The van der Waals surface area contributed by atoms with E-state index in [1.165, 1.54) is 6.08 Å². The van der Waals surface area contributed by atoms with Gasteiger partial charge in [0, 0.05) is 12.6 Å². The summed E-state index contributed by atoms with van der Waals surface area (Å²) in [6, 6.07) is 8.03. The fourth-order valence-corrected chi connectivity index (χ4v) is 2.96. The number of nitrogens with two attached hydrogens (primary N) is 1. The third-order valence-electron chi connectivity index (χ3n) is 3.23. The Kier molecular flexibility index (Phi) is 6.36. The molecule has 22 heavy (non-hydrogen) atoms. The molecule has 0 radical (unpaired) electrons. The number of carbonyl (C=O) groups excluding carboxylic acids is 1. The van der Waals surface area contributed by atoms with Gasteiger partial charge in [-0.2, -0.15) is 0 Å². The highest BCUT2D eigenvalue weighted by atomic mass is 32.1. The molecule has 0 saturated heterocycles. The maximum atomic E-state index is 10.9. The largest absolute Gasteiger partial charge is 0.463 e. The number of hydrogen-bond acceptors (Lipinski definition) is 6. The van der Waals surface area contributed by atoms with Gasteiger partial charge in [0.15, 0.2) is 0 Å². The van der Waals surface area contributed by atoms with Gasteiger partial charge in [0.05, 0.1) is 16.8 Å². The Balaban J connectivity index is 1.64. The number of fused-ring (bicyclic) bond motifs is 1. The Morgan fingerprint density at radius 3 is 2.86 bits per heavy atom. The van der Waals surface area contributed by atoms with Crippen LogP contribution >= 0.6 is 11.3 Å². The molecule has 0 unspecified atom stereocenters. The normalized spacial score (nSPS) is 10.6. The van der Waals surface area contributed by atoms with E-state index in [1.807, 2.05) is 18.2 Å². The predicted molar refractivity (Wildman–Crippen MR) is 90.8 cm³/mol. The predicted octanol–water partition coefficient (Wildman–Crippen LogP) is 3.27. The number of hydrogen-bond donors (Lipinski definition) is 1. The average Bonchev–Trinajstić information content (AvgIpc) is 2.97. The lowest BCUT2D eigenvalue weighted by Crippen LogP contribution is -2.31. The quantitative estimate of drug-likeness (QED) is 0.253. The highest BCUT2D eigenvalue weighted by Gasteiger charge is 2.08. The molecule has 0 aliphatic rings. The fraction of sp³-hybridized carbons (Fsp3) is 0.375. The van der Waals surface area contributed by atoms with Crippen molar-refractivity contribution in [2.45, 2.75) is 25.7 Å². The van der Waals surface area contributed by atoms with Gasteiger partial charge >= 0.3 is 5.97 Å². The molecule has 0 amide bonds. The van der Waals surface area contributed by atoms with Crippen LogP contribution < -0.4 is 10.9 Å². The molecule has 0 fully saturated rings. The number of unbranched alkanes of at least 4 members (excludes halogenated alkanes) is 3. The van der Waals surface area contributed by atoms with Crippen LogP contribution in [0.25, 0.3) is 10.2 Å². The van der Waals surface area contributed by atoms with E-state index in [0.717, 1.165) is 47.6 Å². The Hall–Kier alpha value is -1.92. The van der Waals surface area contributed by atoms with E-state index in [2.05, 4.69) is 17.6 Å². The minimum Gasteiger partial charge on any atom is -0.463 e. The summed E-state index contributed by atoms with van der Waals surface area (Å²) in [5.74, 6) is 5.70. The van der Waals surface area contributed by atoms with Gasteiger partial charge in [-0.25, -0.2) is 15.6 Å². The number of para-hydroxylation sites is 1. The molecule has 0 bridgehead atoms. The first-order chi connectivity index (χ1) is 10.7. The summed E-state index contributed by atoms with van der Waals surface area (Å²) >= 11 is 1.61. The zero-order valence-electron chi connectivity index (χ0n) is 12.5. The third-order valence-corrected chi connectivity index (χ3v) is 4.31. The second-order valence-electron chi connectivity index (χ2n) is 4.94. The lowest BCUT2D eigenvalue weighted by Gasteiger charge is -2.14. The van der Waals surface area contributed by atoms with Gasteiger partial charge in [-0.05, 0) is 31.4 Å². The zero-order valence-corrected chi connectivity index (χ0v) is 13.3. The van der Waals surface area contributed by atoms with Crippen LogP contribution in [0.2, 0.25) is 0 Å². The Morgan fingerprint density at radius 2 is 2.09 bits per heavy atom. The van der Waals surface area contributed by atoms with Crippen molar-refractivity contribution in [3.8, 4) is 0 Å². The minimum absolute atomic E-state index is 0.357. The van der Waals surface area contributed by atoms with Crippen LogP contribution in [0.3, 0.4) is 0 Å². The van der Waals surface area contributed by atoms with Gasteiger partial charge < -0.3 is 4.74 Å². The first kappa shape index (κ1) is 16.5. The fourth-order valence-electron chi connectivity index (χ4n) is 2.05. The molecule has 1 aromatic carbocycles. The van der Waals surface area contributed by atoms with Crippen molar-refractivity contribution in [3.63, 3.8) is 0 Å². The minimum atomic E-state index is -0.357. The first-order valence-corrected chi connectivity index (χ1v) is 8.19. The van der Waals surface area contributed by atoms with Crippen LogP contribution in [0, 0.1) is 0 Å². The number of benzene rings is 1. The van der Waals surface area contributed by atoms with Crippen LogP contribution in [0.5, 0.6) is 0 Å². The Bertz CT molecular complexity index is 594. The number of carbonyl (C=O) groups is 1. The molecule has 2 N–H and O–H groups in total. The molecule has 1 heterocycles. The van der Waals surface area contributed by atoms with Crippen LogP contribution in [-0.2, 0) is 9.53 Å². The van der Waals surface area contributed by atoms with Crippen LogP contribution in [0.4, 0.5) is 5.13 Å². The number of ether oxygens (including phenoxy) is 1. The molecule has 5 nitrogen and oxygen atoms in total. The number of aromatic nitrogens is 1. The maximum Gasteiger partial charge on any atom is 0.330 e. The summed E-state index contributed by atoms with van der Waals surface area (Å²) in [6.45, 7) is 4.58. The van der Waals surface area contributed by atoms with Gasteiger partial charge in [-0.3, -0.25) is 5.01 Å². The first-order valence-electron chi connectivity index (χ1n) is 7.37. The monoisotopic (exact) mass is 319 g/mol. The number of nitrogens with zero attached hydrogens (tertiary/aromatic N) is 2. The van der Waals surface area contributed by atoms with E-state index in [-0.39, 0.29) is 5.97 Å². The highest BCUT2D eigenvalue weighted by Crippen LogP contribution is 2.27. The molecule has 0 spiro atoms. The van der Waals surface area contributed by atoms with Crippen LogP contribution in [0.15, 0.2) is 36.9 Å². The van der Waals surface area contributed by atoms with Crippen molar-refractivity contribution in [1.82, 2.24) is 4.98 Å². The van der Waals surface area contributed by atoms with E-state index < -0.39 is 0 Å². The summed E-state index contributed by atoms with van der Waals surface area (Å²) < 4.78 is 6.07. The Labute approximate surface area is 134 Å². The van der Waals surface area contributed by atoms with E-state index >= 15 is 0 Å². The lowest BCUT2D eigenvalue weighted by molar-refractivity contribution is -0.137. The SMILES string of the molecule is C=CC(=O)OCCCCCCN(N)c1nc2ccccc2s1. The van der Waals surface area contributed by atoms with E-state index in [9.17, 15) is 4.79 Å². The maximum absolute atomic E-state index is 10.9. The summed E-state index contributed by atoms with van der Waals surface area (Å²) in [4.78, 5) is 15.4. The second-order valence-corrected chi connectivity index (χ2v) is 5.95. The molecule has 0 atom stereocenters.